The molecule has 0 amide bonds. The number of para-hydroxylation sites is 1. The molecule has 7 nitrogen and oxygen atoms in total. The zero-order valence-corrected chi connectivity index (χ0v) is 23.6. The Balaban J connectivity index is 1.81. The lowest BCUT2D eigenvalue weighted by Crippen LogP contribution is -2.45. The summed E-state index contributed by atoms with van der Waals surface area (Å²) >= 11 is 0. The molecule has 10 atom stereocenters. The molecule has 7 heteroatoms. The van der Waals surface area contributed by atoms with Crippen molar-refractivity contribution in [2.45, 2.75) is 91.6 Å². The molecule has 2 heterocycles. The van der Waals surface area contributed by atoms with E-state index < -0.39 is 54.1 Å². The Morgan fingerprint density at radius 3 is 2.26 bits per heavy atom. The standard InChI is InChI=1S/C31H45NO6/c1-17-14-18(2)28(34)21(5)30(36)22(6)31(37)38-26(19(3)29(35)20(4)27(17)33)13-9-10-23-15-24-11-7-8-12-25(24)32-16-23/h7-8,11-12,15-22,26,28-30,34-36H,9-10,13-14H2,1-6H3. The number of cyclic esters (lactones) is 1. The number of ketones is 1. The van der Waals surface area contributed by atoms with Crippen LogP contribution in [0.4, 0.5) is 0 Å². The van der Waals surface area contributed by atoms with Crippen LogP contribution in [0.1, 0.15) is 66.4 Å². The summed E-state index contributed by atoms with van der Waals surface area (Å²) in [5.41, 5.74) is 2.00. The molecule has 1 aromatic carbocycles. The lowest BCUT2D eigenvalue weighted by molar-refractivity contribution is -0.166. The number of aromatic nitrogens is 1. The minimum Gasteiger partial charge on any atom is -0.462 e. The summed E-state index contributed by atoms with van der Waals surface area (Å²) in [4.78, 5) is 30.9. The van der Waals surface area contributed by atoms with E-state index in [-0.39, 0.29) is 17.6 Å². The van der Waals surface area contributed by atoms with Crippen molar-refractivity contribution in [1.29, 1.82) is 0 Å². The zero-order chi connectivity index (χ0) is 28.1. The van der Waals surface area contributed by atoms with Gasteiger partial charge in [0.2, 0.25) is 0 Å². The molecule has 1 aliphatic heterocycles. The highest BCUT2D eigenvalue weighted by Gasteiger charge is 2.40. The fraction of sp³-hybridized carbons (Fsp3) is 0.645. The second-order valence-corrected chi connectivity index (χ2v) is 11.7. The summed E-state index contributed by atoms with van der Waals surface area (Å²) in [5, 5.41) is 34.0. The van der Waals surface area contributed by atoms with Crippen molar-refractivity contribution < 1.29 is 29.6 Å². The van der Waals surface area contributed by atoms with Crippen LogP contribution in [0.25, 0.3) is 10.9 Å². The molecule has 0 bridgehead atoms. The number of esters is 1. The van der Waals surface area contributed by atoms with Gasteiger partial charge in [-0.2, -0.15) is 0 Å². The van der Waals surface area contributed by atoms with Crippen molar-refractivity contribution in [2.75, 3.05) is 0 Å². The Kier molecular flexibility index (Phi) is 10.4. The fourth-order valence-electron chi connectivity index (χ4n) is 5.87. The van der Waals surface area contributed by atoms with Crippen molar-refractivity contribution in [3.8, 4) is 0 Å². The van der Waals surface area contributed by atoms with E-state index in [0.29, 0.717) is 19.3 Å². The number of hydrogen-bond acceptors (Lipinski definition) is 7. The smallest absolute Gasteiger partial charge is 0.311 e. The molecule has 3 N–H and O–H groups in total. The quantitative estimate of drug-likeness (QED) is 0.506. The van der Waals surface area contributed by atoms with Crippen LogP contribution in [0.15, 0.2) is 36.5 Å². The normalized spacial score (nSPS) is 36.0. The number of nitrogens with zero attached hydrogens (tertiary/aromatic N) is 1. The van der Waals surface area contributed by atoms with E-state index in [4.69, 9.17) is 4.74 Å². The number of aliphatic hydroxyl groups is 3. The largest absolute Gasteiger partial charge is 0.462 e. The van der Waals surface area contributed by atoms with E-state index in [1.54, 1.807) is 20.8 Å². The Labute approximate surface area is 226 Å². The third-order valence-electron chi connectivity index (χ3n) is 8.71. The van der Waals surface area contributed by atoms with Crippen LogP contribution >= 0.6 is 0 Å². The maximum Gasteiger partial charge on any atom is 0.311 e. The summed E-state index contributed by atoms with van der Waals surface area (Å²) in [6, 6.07) is 10.0. The van der Waals surface area contributed by atoms with Gasteiger partial charge in [-0.3, -0.25) is 14.6 Å². The Hall–Kier alpha value is -2.35. The van der Waals surface area contributed by atoms with E-state index in [9.17, 15) is 24.9 Å². The van der Waals surface area contributed by atoms with Gasteiger partial charge in [0.25, 0.3) is 0 Å². The van der Waals surface area contributed by atoms with Gasteiger partial charge in [-0.1, -0.05) is 52.8 Å². The molecule has 38 heavy (non-hydrogen) atoms. The fourth-order valence-corrected chi connectivity index (χ4v) is 5.87. The topological polar surface area (TPSA) is 117 Å². The number of Topliss-reactive ketones (excluding diaryl/α,β-unsaturated/α-hetero) is 1. The Morgan fingerprint density at radius 1 is 0.895 bits per heavy atom. The number of pyridine rings is 1. The Bertz CT molecular complexity index is 1090. The van der Waals surface area contributed by atoms with Crippen molar-refractivity contribution in [2.24, 2.45) is 35.5 Å². The van der Waals surface area contributed by atoms with Gasteiger partial charge in [-0.05, 0) is 56.2 Å². The molecule has 0 saturated carbocycles. The molecule has 3 rings (SSSR count). The molecular formula is C31H45NO6. The SMILES string of the molecule is CC1CC(C)C(O)C(C)C(O)C(C)C(=O)OC(CCCc2cnc3ccccc3c2)C(C)C(O)C(C)C1=O. The van der Waals surface area contributed by atoms with Crippen molar-refractivity contribution in [3.05, 3.63) is 42.1 Å². The van der Waals surface area contributed by atoms with Crippen molar-refractivity contribution >= 4 is 22.7 Å². The van der Waals surface area contributed by atoms with Crippen LogP contribution < -0.4 is 0 Å². The summed E-state index contributed by atoms with van der Waals surface area (Å²) < 4.78 is 5.92. The van der Waals surface area contributed by atoms with Crippen LogP contribution in [0, 0.1) is 35.5 Å². The maximum atomic E-state index is 13.2. The Morgan fingerprint density at radius 2 is 1.55 bits per heavy atom. The number of hydrogen-bond donors (Lipinski definition) is 3. The molecule has 1 saturated heterocycles. The summed E-state index contributed by atoms with van der Waals surface area (Å²) in [5.74, 6) is -3.79. The molecule has 0 radical (unpaired) electrons. The molecule has 210 valence electrons. The van der Waals surface area contributed by atoms with Crippen LogP contribution in [-0.4, -0.2) is 56.5 Å². The number of carbonyl (C=O) groups is 2. The number of aliphatic hydroxyl groups excluding tert-OH is 3. The van der Waals surface area contributed by atoms with Gasteiger partial charge in [0.05, 0.1) is 29.7 Å². The second kappa shape index (κ2) is 13.1. The van der Waals surface area contributed by atoms with Gasteiger partial charge in [0, 0.05) is 35.3 Å². The average Bonchev–Trinajstić information content (AvgIpc) is 2.92. The van der Waals surface area contributed by atoms with E-state index in [1.807, 2.05) is 51.2 Å². The minimum atomic E-state index is -1.10. The van der Waals surface area contributed by atoms with E-state index >= 15 is 0 Å². The number of fused-ring (bicyclic) bond motifs is 1. The molecule has 0 aliphatic carbocycles. The molecular weight excluding hydrogens is 482 g/mol. The number of aryl methyl sites for hydroxylation is 1. The van der Waals surface area contributed by atoms with Crippen LogP contribution in [0.3, 0.4) is 0 Å². The lowest BCUT2D eigenvalue weighted by atomic mass is 9.77. The van der Waals surface area contributed by atoms with Crippen LogP contribution in [0.2, 0.25) is 0 Å². The lowest BCUT2D eigenvalue weighted by Gasteiger charge is -2.36. The number of ether oxygens (including phenoxy) is 1. The van der Waals surface area contributed by atoms with E-state index in [1.165, 1.54) is 0 Å². The highest BCUT2D eigenvalue weighted by atomic mass is 16.5. The molecule has 1 aromatic heterocycles. The zero-order valence-electron chi connectivity index (χ0n) is 23.6. The van der Waals surface area contributed by atoms with Gasteiger partial charge in [0.1, 0.15) is 11.9 Å². The van der Waals surface area contributed by atoms with Gasteiger partial charge in [0.15, 0.2) is 0 Å². The van der Waals surface area contributed by atoms with Gasteiger partial charge < -0.3 is 20.1 Å². The van der Waals surface area contributed by atoms with Gasteiger partial charge in [-0.15, -0.1) is 0 Å². The molecule has 1 aliphatic rings. The van der Waals surface area contributed by atoms with Gasteiger partial charge >= 0.3 is 5.97 Å². The highest BCUT2D eigenvalue weighted by molar-refractivity contribution is 5.83. The first-order valence-electron chi connectivity index (χ1n) is 14.0. The summed E-state index contributed by atoms with van der Waals surface area (Å²) in [6.45, 7) is 10.5. The predicted octanol–water partition coefficient (Wildman–Crippen LogP) is 4.34. The maximum absolute atomic E-state index is 13.2. The first kappa shape index (κ1) is 30.2. The first-order chi connectivity index (χ1) is 17.9. The van der Waals surface area contributed by atoms with Crippen LogP contribution in [-0.2, 0) is 20.7 Å². The van der Waals surface area contributed by atoms with Crippen molar-refractivity contribution in [3.63, 3.8) is 0 Å². The van der Waals surface area contributed by atoms with Crippen molar-refractivity contribution in [1.82, 2.24) is 4.98 Å². The average molecular weight is 528 g/mol. The molecule has 2 aromatic rings. The number of carbonyl (C=O) groups excluding carboxylic acids is 2. The predicted molar refractivity (Wildman–Crippen MR) is 147 cm³/mol. The highest BCUT2D eigenvalue weighted by Crippen LogP contribution is 2.31. The monoisotopic (exact) mass is 527 g/mol. The number of benzene rings is 1. The van der Waals surface area contributed by atoms with E-state index in [2.05, 4.69) is 11.1 Å². The number of rotatable bonds is 4. The third kappa shape index (κ3) is 6.99. The second-order valence-electron chi connectivity index (χ2n) is 11.7. The summed E-state index contributed by atoms with van der Waals surface area (Å²) in [6.07, 6.45) is 0.586. The summed E-state index contributed by atoms with van der Waals surface area (Å²) in [7, 11) is 0. The molecule has 1 fully saturated rings. The molecule has 0 spiro atoms. The molecule has 10 unspecified atom stereocenters. The van der Waals surface area contributed by atoms with Gasteiger partial charge in [-0.25, -0.2) is 0 Å². The minimum absolute atomic E-state index is 0.0747. The van der Waals surface area contributed by atoms with E-state index in [0.717, 1.165) is 22.9 Å². The first-order valence-corrected chi connectivity index (χ1v) is 14.0. The third-order valence-corrected chi connectivity index (χ3v) is 8.71. The van der Waals surface area contributed by atoms with Crippen LogP contribution in [0.5, 0.6) is 0 Å².